The third kappa shape index (κ3) is 5.54. The maximum atomic E-state index is 5.00. The lowest BCUT2D eigenvalue weighted by molar-refractivity contribution is 0.206. The molecular weight excluding hydrogens is 518 g/mol. The van der Waals surface area contributed by atoms with E-state index in [0.717, 1.165) is 69.4 Å². The van der Waals surface area contributed by atoms with E-state index in [4.69, 9.17) is 15.0 Å². The van der Waals surface area contributed by atoms with Crippen LogP contribution in [0, 0.1) is 0 Å². The van der Waals surface area contributed by atoms with E-state index in [1.54, 1.807) is 0 Å². The van der Waals surface area contributed by atoms with Gasteiger partial charge in [-0.3, -0.25) is 19.2 Å². The number of rotatable bonds is 8. The minimum absolute atomic E-state index is 0.334. The summed E-state index contributed by atoms with van der Waals surface area (Å²) in [6.07, 6.45) is 9.49. The number of anilines is 1. The van der Waals surface area contributed by atoms with Crippen molar-refractivity contribution in [1.29, 1.82) is 0 Å². The highest BCUT2D eigenvalue weighted by atomic mass is 15.3. The first-order valence-electron chi connectivity index (χ1n) is 15.3. The number of nitrogens with zero attached hydrogens (tertiary/aromatic N) is 7. The van der Waals surface area contributed by atoms with Crippen molar-refractivity contribution >= 4 is 11.6 Å². The zero-order valence-corrected chi connectivity index (χ0v) is 24.4. The van der Waals surface area contributed by atoms with Crippen molar-refractivity contribution in [3.8, 4) is 0 Å². The molecule has 3 aromatic heterocycles. The van der Waals surface area contributed by atoms with Gasteiger partial charge in [-0.15, -0.1) is 0 Å². The summed E-state index contributed by atoms with van der Waals surface area (Å²) in [4.78, 5) is 22.0. The number of benzene rings is 2. The summed E-state index contributed by atoms with van der Waals surface area (Å²) < 4.78 is 2.18. The summed E-state index contributed by atoms with van der Waals surface area (Å²) in [5.41, 5.74) is 7.40. The molecule has 5 aromatic rings. The molecule has 1 atom stereocenters. The Labute approximate surface area is 248 Å². The highest BCUT2D eigenvalue weighted by Gasteiger charge is 2.27. The molecule has 214 valence electrons. The number of pyridine rings is 1. The van der Waals surface area contributed by atoms with Crippen molar-refractivity contribution in [2.24, 2.45) is 0 Å². The Bertz CT molecular complexity index is 1570. The Morgan fingerprint density at radius 2 is 1.57 bits per heavy atom. The molecule has 0 amide bonds. The number of hydrogen-bond donors (Lipinski definition) is 0. The SMILES string of the molecule is CN(Cc1cn2c(N3CCN(CC(c4ccccc4)c4ccccc4)CC3)nccc2n1)C1CCCc2cccnc21. The minimum Gasteiger partial charge on any atom is -0.339 e. The molecule has 7 heteroatoms. The van der Waals surface area contributed by atoms with Crippen molar-refractivity contribution in [2.45, 2.75) is 37.8 Å². The Hall–Kier alpha value is -4.07. The van der Waals surface area contributed by atoms with Crippen LogP contribution < -0.4 is 4.90 Å². The van der Waals surface area contributed by atoms with Crippen LogP contribution in [0.25, 0.3) is 5.65 Å². The fraction of sp³-hybridized carbons (Fsp3) is 0.343. The normalized spacial score (nSPS) is 17.7. The van der Waals surface area contributed by atoms with Gasteiger partial charge in [0.05, 0.1) is 17.4 Å². The summed E-state index contributed by atoms with van der Waals surface area (Å²) >= 11 is 0. The van der Waals surface area contributed by atoms with Gasteiger partial charge in [0.1, 0.15) is 5.65 Å². The maximum absolute atomic E-state index is 5.00. The summed E-state index contributed by atoms with van der Waals surface area (Å²) in [7, 11) is 2.20. The van der Waals surface area contributed by atoms with Crippen LogP contribution in [0.3, 0.4) is 0 Å². The standard InChI is InChI=1S/C35H39N7/c1-39(32-16-8-14-29-15-9-18-36-34(29)32)24-30-25-42-33(38-30)17-19-37-35(42)41-22-20-40(21-23-41)26-31(27-10-4-2-5-11-27)28-12-6-3-7-13-28/h2-7,9-13,15,17-19,25,31-32H,8,14,16,20-24,26H2,1H3. The fourth-order valence-electron chi connectivity index (χ4n) is 6.81. The molecule has 1 fully saturated rings. The first kappa shape index (κ1) is 26.8. The lowest BCUT2D eigenvalue weighted by atomic mass is 9.90. The van der Waals surface area contributed by atoms with Crippen LogP contribution in [0.2, 0.25) is 0 Å². The average Bonchev–Trinajstić information content (AvgIpc) is 3.47. The van der Waals surface area contributed by atoms with E-state index in [2.05, 4.69) is 105 Å². The van der Waals surface area contributed by atoms with Gasteiger partial charge in [-0.25, -0.2) is 9.97 Å². The van der Waals surface area contributed by atoms with E-state index in [0.29, 0.717) is 12.0 Å². The van der Waals surface area contributed by atoms with Gasteiger partial charge in [-0.2, -0.15) is 0 Å². The van der Waals surface area contributed by atoms with Crippen LogP contribution in [0.15, 0.2) is 97.5 Å². The molecule has 1 aliphatic carbocycles. The Kier molecular flexibility index (Phi) is 7.68. The number of imidazole rings is 1. The van der Waals surface area contributed by atoms with Gasteiger partial charge >= 0.3 is 0 Å². The third-order valence-electron chi connectivity index (χ3n) is 9.02. The molecule has 1 saturated heterocycles. The summed E-state index contributed by atoms with van der Waals surface area (Å²) in [6.45, 7) is 5.70. The lowest BCUT2D eigenvalue weighted by Crippen LogP contribution is -2.48. The fourth-order valence-corrected chi connectivity index (χ4v) is 6.81. The molecular formula is C35H39N7. The molecule has 0 bridgehead atoms. The quantitative estimate of drug-likeness (QED) is 0.248. The van der Waals surface area contributed by atoms with E-state index in [-0.39, 0.29) is 0 Å². The highest BCUT2D eigenvalue weighted by Crippen LogP contribution is 2.33. The molecule has 42 heavy (non-hydrogen) atoms. The van der Waals surface area contributed by atoms with Gasteiger partial charge in [-0.05, 0) is 55.1 Å². The second-order valence-corrected chi connectivity index (χ2v) is 11.7. The van der Waals surface area contributed by atoms with E-state index in [1.165, 1.54) is 28.8 Å². The van der Waals surface area contributed by atoms with E-state index in [1.807, 2.05) is 18.5 Å². The lowest BCUT2D eigenvalue weighted by Gasteiger charge is -2.37. The van der Waals surface area contributed by atoms with Gasteiger partial charge in [0.2, 0.25) is 5.95 Å². The molecule has 1 aliphatic heterocycles. The monoisotopic (exact) mass is 557 g/mol. The maximum Gasteiger partial charge on any atom is 0.211 e. The molecule has 0 radical (unpaired) electrons. The number of fused-ring (bicyclic) bond motifs is 2. The smallest absolute Gasteiger partial charge is 0.211 e. The molecule has 4 heterocycles. The summed E-state index contributed by atoms with van der Waals surface area (Å²) in [5.74, 6) is 1.35. The van der Waals surface area contributed by atoms with Crippen LogP contribution in [0.5, 0.6) is 0 Å². The van der Waals surface area contributed by atoms with Crippen LogP contribution >= 0.6 is 0 Å². The molecule has 7 nitrogen and oxygen atoms in total. The van der Waals surface area contributed by atoms with Crippen molar-refractivity contribution in [3.05, 3.63) is 126 Å². The van der Waals surface area contributed by atoms with E-state index >= 15 is 0 Å². The molecule has 2 aliphatic rings. The average molecular weight is 558 g/mol. The Balaban J connectivity index is 1.04. The topological polar surface area (TPSA) is 52.8 Å². The van der Waals surface area contributed by atoms with Crippen molar-refractivity contribution in [2.75, 3.05) is 44.7 Å². The van der Waals surface area contributed by atoms with Crippen LogP contribution in [0.1, 0.15) is 52.9 Å². The largest absolute Gasteiger partial charge is 0.339 e. The molecule has 0 saturated carbocycles. The molecule has 2 aromatic carbocycles. The van der Waals surface area contributed by atoms with Crippen LogP contribution in [0.4, 0.5) is 5.95 Å². The van der Waals surface area contributed by atoms with Gasteiger partial charge in [0.15, 0.2) is 0 Å². The van der Waals surface area contributed by atoms with E-state index < -0.39 is 0 Å². The Morgan fingerprint density at radius 3 is 2.31 bits per heavy atom. The number of aryl methyl sites for hydroxylation is 1. The predicted octanol–water partition coefficient (Wildman–Crippen LogP) is 5.59. The Morgan fingerprint density at radius 1 is 0.833 bits per heavy atom. The number of hydrogen-bond acceptors (Lipinski definition) is 6. The number of aromatic nitrogens is 4. The first-order chi connectivity index (χ1) is 20.7. The molecule has 1 unspecified atom stereocenters. The minimum atomic E-state index is 0.334. The van der Waals surface area contributed by atoms with Gasteiger partial charge in [0, 0.05) is 63.8 Å². The van der Waals surface area contributed by atoms with Crippen molar-refractivity contribution < 1.29 is 0 Å². The van der Waals surface area contributed by atoms with Gasteiger partial charge in [-0.1, -0.05) is 66.7 Å². The van der Waals surface area contributed by atoms with E-state index in [9.17, 15) is 0 Å². The number of piperazine rings is 1. The second-order valence-electron chi connectivity index (χ2n) is 11.7. The molecule has 7 rings (SSSR count). The second kappa shape index (κ2) is 12.0. The first-order valence-corrected chi connectivity index (χ1v) is 15.3. The zero-order valence-electron chi connectivity index (χ0n) is 24.4. The molecule has 0 N–H and O–H groups in total. The predicted molar refractivity (Wildman–Crippen MR) is 168 cm³/mol. The van der Waals surface area contributed by atoms with Gasteiger partial charge < -0.3 is 4.90 Å². The summed E-state index contributed by atoms with van der Waals surface area (Å²) in [5, 5.41) is 0. The van der Waals surface area contributed by atoms with Crippen molar-refractivity contribution in [1.82, 2.24) is 29.2 Å². The van der Waals surface area contributed by atoms with Crippen LogP contribution in [-0.4, -0.2) is 68.9 Å². The summed E-state index contributed by atoms with van der Waals surface area (Å²) in [6, 6.07) is 28.5. The van der Waals surface area contributed by atoms with Crippen molar-refractivity contribution in [3.63, 3.8) is 0 Å². The zero-order chi connectivity index (χ0) is 28.3. The van der Waals surface area contributed by atoms with Crippen LogP contribution in [-0.2, 0) is 13.0 Å². The van der Waals surface area contributed by atoms with Gasteiger partial charge in [0.25, 0.3) is 0 Å². The molecule has 0 spiro atoms. The highest BCUT2D eigenvalue weighted by molar-refractivity contribution is 5.48. The third-order valence-corrected chi connectivity index (χ3v) is 9.02.